The minimum Gasteiger partial charge on any atom is -0.388 e. The molecule has 0 spiro atoms. The second-order valence-corrected chi connectivity index (χ2v) is 6.61. The van der Waals surface area contributed by atoms with E-state index < -0.39 is 6.10 Å². The second-order valence-electron chi connectivity index (χ2n) is 6.61. The number of hydrogen-bond acceptors (Lipinski definition) is 2. The maximum Gasteiger partial charge on any atom is 0.315 e. The largest absolute Gasteiger partial charge is 0.388 e. The van der Waals surface area contributed by atoms with Crippen LogP contribution in [0.1, 0.15) is 50.2 Å². The molecule has 4 nitrogen and oxygen atoms in total. The highest BCUT2D eigenvalue weighted by Gasteiger charge is 2.16. The van der Waals surface area contributed by atoms with E-state index >= 15 is 0 Å². The SMILES string of the molecule is O=C(NCCC(O)c1cccc2ccccc12)NC1CCCCC1. The Hall–Kier alpha value is -2.07. The molecule has 0 aliphatic heterocycles. The molecule has 0 saturated heterocycles. The third-order valence-corrected chi connectivity index (χ3v) is 4.83. The molecule has 0 radical (unpaired) electrons. The topological polar surface area (TPSA) is 61.4 Å². The van der Waals surface area contributed by atoms with E-state index in [0.29, 0.717) is 19.0 Å². The Bertz CT molecular complexity index is 675. The molecule has 0 aromatic heterocycles. The van der Waals surface area contributed by atoms with Crippen molar-refractivity contribution in [3.05, 3.63) is 48.0 Å². The van der Waals surface area contributed by atoms with Gasteiger partial charge in [0.15, 0.2) is 0 Å². The summed E-state index contributed by atoms with van der Waals surface area (Å²) in [7, 11) is 0. The van der Waals surface area contributed by atoms with Crippen LogP contribution in [-0.4, -0.2) is 23.7 Å². The predicted molar refractivity (Wildman–Crippen MR) is 96.9 cm³/mol. The first-order chi connectivity index (χ1) is 11.7. The van der Waals surface area contributed by atoms with E-state index in [4.69, 9.17) is 0 Å². The molecule has 4 heteroatoms. The average Bonchev–Trinajstić information content (AvgIpc) is 2.62. The minimum absolute atomic E-state index is 0.119. The molecule has 1 fully saturated rings. The first-order valence-electron chi connectivity index (χ1n) is 8.94. The molecule has 128 valence electrons. The lowest BCUT2D eigenvalue weighted by Crippen LogP contribution is -2.43. The number of aliphatic hydroxyl groups excluding tert-OH is 1. The molecule has 0 heterocycles. The van der Waals surface area contributed by atoms with Gasteiger partial charge in [-0.25, -0.2) is 4.79 Å². The van der Waals surface area contributed by atoms with Gasteiger partial charge in [-0.15, -0.1) is 0 Å². The molecule has 1 aliphatic rings. The van der Waals surface area contributed by atoms with Gasteiger partial charge < -0.3 is 15.7 Å². The monoisotopic (exact) mass is 326 g/mol. The van der Waals surface area contributed by atoms with Crippen molar-refractivity contribution in [3.63, 3.8) is 0 Å². The lowest BCUT2D eigenvalue weighted by molar-refractivity contribution is 0.168. The van der Waals surface area contributed by atoms with Gasteiger partial charge in [0, 0.05) is 12.6 Å². The van der Waals surface area contributed by atoms with Crippen molar-refractivity contribution in [1.29, 1.82) is 0 Å². The number of benzene rings is 2. The van der Waals surface area contributed by atoms with E-state index in [1.54, 1.807) is 0 Å². The third kappa shape index (κ3) is 4.26. The van der Waals surface area contributed by atoms with E-state index in [0.717, 1.165) is 29.2 Å². The smallest absolute Gasteiger partial charge is 0.315 e. The summed E-state index contributed by atoms with van der Waals surface area (Å²) in [6, 6.07) is 14.2. The number of rotatable bonds is 5. The number of fused-ring (bicyclic) bond motifs is 1. The average molecular weight is 326 g/mol. The van der Waals surface area contributed by atoms with Gasteiger partial charge >= 0.3 is 6.03 Å². The van der Waals surface area contributed by atoms with Crippen LogP contribution in [0, 0.1) is 0 Å². The molecule has 2 amide bonds. The maximum atomic E-state index is 11.9. The highest BCUT2D eigenvalue weighted by Crippen LogP contribution is 2.25. The van der Waals surface area contributed by atoms with Crippen LogP contribution in [0.2, 0.25) is 0 Å². The minimum atomic E-state index is -0.578. The summed E-state index contributed by atoms with van der Waals surface area (Å²) >= 11 is 0. The van der Waals surface area contributed by atoms with Crippen molar-refractivity contribution in [2.45, 2.75) is 50.7 Å². The molecule has 1 aliphatic carbocycles. The predicted octanol–water partition coefficient (Wildman–Crippen LogP) is 3.90. The molecular formula is C20H26N2O2. The van der Waals surface area contributed by atoms with E-state index in [1.807, 2.05) is 42.5 Å². The molecule has 2 aromatic carbocycles. The van der Waals surface area contributed by atoms with Crippen LogP contribution in [0.25, 0.3) is 10.8 Å². The Morgan fingerprint density at radius 2 is 1.83 bits per heavy atom. The number of aliphatic hydroxyl groups is 1. The summed E-state index contributed by atoms with van der Waals surface area (Å²) in [6.45, 7) is 0.461. The van der Waals surface area contributed by atoms with E-state index in [9.17, 15) is 9.90 Å². The standard InChI is InChI=1S/C20H26N2O2/c23-19(18-12-6-8-15-7-4-5-11-17(15)18)13-14-21-20(24)22-16-9-2-1-3-10-16/h4-8,11-12,16,19,23H,1-3,9-10,13-14H2,(H2,21,22,24). The summed E-state index contributed by atoms with van der Waals surface area (Å²) in [4.78, 5) is 11.9. The van der Waals surface area contributed by atoms with Gasteiger partial charge in [0.1, 0.15) is 0 Å². The highest BCUT2D eigenvalue weighted by atomic mass is 16.3. The van der Waals surface area contributed by atoms with Crippen molar-refractivity contribution < 1.29 is 9.90 Å². The zero-order valence-corrected chi connectivity index (χ0v) is 14.0. The zero-order valence-electron chi connectivity index (χ0n) is 14.0. The third-order valence-electron chi connectivity index (χ3n) is 4.83. The molecule has 1 atom stereocenters. The summed E-state index contributed by atoms with van der Waals surface area (Å²) < 4.78 is 0. The molecule has 1 saturated carbocycles. The quantitative estimate of drug-likeness (QED) is 0.780. The van der Waals surface area contributed by atoms with Crippen LogP contribution in [0.5, 0.6) is 0 Å². The van der Waals surface area contributed by atoms with Crippen LogP contribution < -0.4 is 10.6 Å². The number of urea groups is 1. The molecule has 24 heavy (non-hydrogen) atoms. The van der Waals surface area contributed by atoms with Crippen LogP contribution in [-0.2, 0) is 0 Å². The van der Waals surface area contributed by atoms with Gasteiger partial charge in [0.2, 0.25) is 0 Å². The van der Waals surface area contributed by atoms with Crippen LogP contribution >= 0.6 is 0 Å². The van der Waals surface area contributed by atoms with Gasteiger partial charge in [-0.05, 0) is 35.6 Å². The van der Waals surface area contributed by atoms with Crippen LogP contribution in [0.4, 0.5) is 4.79 Å². The Labute approximate surface area is 143 Å². The lowest BCUT2D eigenvalue weighted by Gasteiger charge is -2.23. The number of nitrogens with one attached hydrogen (secondary N) is 2. The fourth-order valence-corrected chi connectivity index (χ4v) is 3.50. The summed E-state index contributed by atoms with van der Waals surface area (Å²) in [5.41, 5.74) is 0.919. The van der Waals surface area contributed by atoms with Gasteiger partial charge in [-0.1, -0.05) is 61.7 Å². The van der Waals surface area contributed by atoms with Crippen molar-refractivity contribution in [2.24, 2.45) is 0 Å². The molecular weight excluding hydrogens is 300 g/mol. The second kappa shape index (κ2) is 8.15. The maximum absolute atomic E-state index is 11.9. The molecule has 3 rings (SSSR count). The van der Waals surface area contributed by atoms with E-state index in [1.165, 1.54) is 19.3 Å². The lowest BCUT2D eigenvalue weighted by atomic mass is 9.96. The van der Waals surface area contributed by atoms with Gasteiger partial charge in [0.05, 0.1) is 6.10 Å². The number of carbonyl (C=O) groups is 1. The number of carbonyl (C=O) groups excluding carboxylic acids is 1. The Morgan fingerprint density at radius 1 is 1.08 bits per heavy atom. The normalized spacial score (nSPS) is 16.7. The fraction of sp³-hybridized carbons (Fsp3) is 0.450. The summed E-state index contributed by atoms with van der Waals surface area (Å²) in [5, 5.41) is 18.6. The van der Waals surface area contributed by atoms with Crippen molar-refractivity contribution in [3.8, 4) is 0 Å². The Kier molecular flexibility index (Phi) is 5.70. The highest BCUT2D eigenvalue weighted by molar-refractivity contribution is 5.86. The number of amides is 2. The molecule has 1 unspecified atom stereocenters. The van der Waals surface area contributed by atoms with E-state index in [-0.39, 0.29) is 6.03 Å². The zero-order chi connectivity index (χ0) is 16.8. The van der Waals surface area contributed by atoms with Crippen molar-refractivity contribution >= 4 is 16.8 Å². The van der Waals surface area contributed by atoms with Gasteiger partial charge in [-0.3, -0.25) is 0 Å². The Morgan fingerprint density at radius 3 is 2.67 bits per heavy atom. The van der Waals surface area contributed by atoms with Crippen LogP contribution in [0.3, 0.4) is 0 Å². The molecule has 2 aromatic rings. The van der Waals surface area contributed by atoms with Gasteiger partial charge in [-0.2, -0.15) is 0 Å². The number of hydrogen-bond donors (Lipinski definition) is 3. The van der Waals surface area contributed by atoms with E-state index in [2.05, 4.69) is 10.6 Å². The van der Waals surface area contributed by atoms with Crippen LogP contribution in [0.15, 0.2) is 42.5 Å². The van der Waals surface area contributed by atoms with Crippen molar-refractivity contribution in [1.82, 2.24) is 10.6 Å². The fourth-order valence-electron chi connectivity index (χ4n) is 3.50. The molecule has 3 N–H and O–H groups in total. The summed E-state index contributed by atoms with van der Waals surface area (Å²) in [5.74, 6) is 0. The van der Waals surface area contributed by atoms with Crippen molar-refractivity contribution in [2.75, 3.05) is 6.54 Å². The van der Waals surface area contributed by atoms with Gasteiger partial charge in [0.25, 0.3) is 0 Å². The summed E-state index contributed by atoms with van der Waals surface area (Å²) in [6.07, 6.45) is 5.75. The first kappa shape index (κ1) is 16.8. The molecule has 0 bridgehead atoms. The Balaban J connectivity index is 1.49. The first-order valence-corrected chi connectivity index (χ1v) is 8.94.